The monoisotopic (exact) mass is 190 g/mol. The van der Waals surface area contributed by atoms with Crippen molar-refractivity contribution in [3.05, 3.63) is 30.0 Å². The summed E-state index contributed by atoms with van der Waals surface area (Å²) in [6.07, 6.45) is 2.11. The van der Waals surface area contributed by atoms with Crippen LogP contribution in [-0.4, -0.2) is 7.11 Å². The Morgan fingerprint density at radius 3 is 2.86 bits per heavy atom. The third-order valence-electron chi connectivity index (χ3n) is 2.27. The van der Waals surface area contributed by atoms with Crippen molar-refractivity contribution in [3.8, 4) is 5.75 Å². The van der Waals surface area contributed by atoms with Crippen LogP contribution in [0.4, 0.5) is 0 Å². The molecule has 0 saturated heterocycles. The van der Waals surface area contributed by atoms with Crippen LogP contribution >= 0.6 is 0 Å². The molecule has 0 fully saturated rings. The Labute approximate surface area is 83.5 Å². The zero-order valence-corrected chi connectivity index (χ0v) is 8.54. The molecule has 2 heteroatoms. The van der Waals surface area contributed by atoms with Crippen LogP contribution in [0.25, 0.3) is 11.0 Å². The molecule has 0 saturated carbocycles. The fourth-order valence-electron chi connectivity index (χ4n) is 1.57. The maximum absolute atomic E-state index is 5.65. The van der Waals surface area contributed by atoms with Gasteiger partial charge in [-0.25, -0.2) is 0 Å². The molecule has 0 N–H and O–H groups in total. The molecule has 2 rings (SSSR count). The van der Waals surface area contributed by atoms with E-state index in [4.69, 9.17) is 9.15 Å². The van der Waals surface area contributed by atoms with Crippen LogP contribution in [0.3, 0.4) is 0 Å². The second-order valence-electron chi connectivity index (χ2n) is 3.37. The molecule has 0 unspecified atom stereocenters. The summed E-state index contributed by atoms with van der Waals surface area (Å²) in [6, 6.07) is 7.95. The van der Waals surface area contributed by atoms with Gasteiger partial charge in [0.1, 0.15) is 17.1 Å². The molecule has 0 aliphatic carbocycles. The maximum atomic E-state index is 5.65. The highest BCUT2D eigenvalue weighted by atomic mass is 16.5. The molecule has 0 amide bonds. The Kier molecular flexibility index (Phi) is 2.44. The van der Waals surface area contributed by atoms with Crippen LogP contribution in [-0.2, 0) is 6.42 Å². The van der Waals surface area contributed by atoms with E-state index in [1.165, 1.54) is 0 Å². The highest BCUT2D eigenvalue weighted by Gasteiger charge is 2.03. The highest BCUT2D eigenvalue weighted by molar-refractivity contribution is 5.79. The first-order valence-corrected chi connectivity index (χ1v) is 4.90. The Balaban J connectivity index is 2.43. The lowest BCUT2D eigenvalue weighted by Crippen LogP contribution is -1.79. The van der Waals surface area contributed by atoms with E-state index in [0.717, 1.165) is 35.3 Å². The van der Waals surface area contributed by atoms with Crippen molar-refractivity contribution in [1.82, 2.24) is 0 Å². The van der Waals surface area contributed by atoms with Crippen molar-refractivity contribution in [2.45, 2.75) is 19.8 Å². The second-order valence-corrected chi connectivity index (χ2v) is 3.37. The quantitative estimate of drug-likeness (QED) is 0.740. The summed E-state index contributed by atoms with van der Waals surface area (Å²) in [7, 11) is 1.67. The van der Waals surface area contributed by atoms with Gasteiger partial charge in [0.15, 0.2) is 0 Å². The Bertz CT molecular complexity index is 429. The maximum Gasteiger partial charge on any atom is 0.134 e. The summed E-state index contributed by atoms with van der Waals surface area (Å²) in [5, 5.41) is 1.12. The van der Waals surface area contributed by atoms with Gasteiger partial charge in [-0.2, -0.15) is 0 Å². The van der Waals surface area contributed by atoms with Crippen molar-refractivity contribution < 1.29 is 9.15 Å². The number of ether oxygens (including phenoxy) is 1. The first-order chi connectivity index (χ1) is 6.83. The number of methoxy groups -OCH3 is 1. The molecular weight excluding hydrogens is 176 g/mol. The van der Waals surface area contributed by atoms with Gasteiger partial charge in [0, 0.05) is 11.8 Å². The Morgan fingerprint density at radius 2 is 2.14 bits per heavy atom. The SMILES string of the molecule is CCCc1cc2cc(OC)ccc2o1. The van der Waals surface area contributed by atoms with Gasteiger partial charge in [-0.05, 0) is 30.7 Å². The van der Waals surface area contributed by atoms with Crippen molar-refractivity contribution >= 4 is 11.0 Å². The molecule has 2 nitrogen and oxygen atoms in total. The van der Waals surface area contributed by atoms with E-state index in [9.17, 15) is 0 Å². The lowest BCUT2D eigenvalue weighted by atomic mass is 10.2. The first-order valence-electron chi connectivity index (χ1n) is 4.90. The zero-order valence-electron chi connectivity index (χ0n) is 8.54. The lowest BCUT2D eigenvalue weighted by molar-refractivity contribution is 0.415. The van der Waals surface area contributed by atoms with Crippen LogP contribution in [0.2, 0.25) is 0 Å². The van der Waals surface area contributed by atoms with Gasteiger partial charge < -0.3 is 9.15 Å². The molecule has 14 heavy (non-hydrogen) atoms. The first kappa shape index (κ1) is 9.13. The molecule has 1 aromatic carbocycles. The van der Waals surface area contributed by atoms with E-state index >= 15 is 0 Å². The number of aryl methyl sites for hydroxylation is 1. The molecular formula is C12H14O2. The van der Waals surface area contributed by atoms with Crippen LogP contribution in [0.15, 0.2) is 28.7 Å². The van der Waals surface area contributed by atoms with Crippen molar-refractivity contribution in [1.29, 1.82) is 0 Å². The molecule has 0 atom stereocenters. The average molecular weight is 190 g/mol. The molecule has 0 bridgehead atoms. The average Bonchev–Trinajstić information content (AvgIpc) is 2.59. The van der Waals surface area contributed by atoms with Gasteiger partial charge in [-0.15, -0.1) is 0 Å². The van der Waals surface area contributed by atoms with Crippen LogP contribution in [0, 0.1) is 0 Å². The van der Waals surface area contributed by atoms with E-state index in [2.05, 4.69) is 13.0 Å². The lowest BCUT2D eigenvalue weighted by Gasteiger charge is -1.96. The smallest absolute Gasteiger partial charge is 0.134 e. The summed E-state index contributed by atoms with van der Waals surface area (Å²) in [5.41, 5.74) is 0.939. The number of benzene rings is 1. The zero-order chi connectivity index (χ0) is 9.97. The number of rotatable bonds is 3. The third-order valence-corrected chi connectivity index (χ3v) is 2.27. The molecule has 0 radical (unpaired) electrons. The number of hydrogen-bond acceptors (Lipinski definition) is 2. The number of furan rings is 1. The number of fused-ring (bicyclic) bond motifs is 1. The fourth-order valence-corrected chi connectivity index (χ4v) is 1.57. The predicted octanol–water partition coefficient (Wildman–Crippen LogP) is 3.39. The normalized spacial score (nSPS) is 10.7. The summed E-state index contributed by atoms with van der Waals surface area (Å²) in [6.45, 7) is 2.15. The van der Waals surface area contributed by atoms with Gasteiger partial charge in [-0.1, -0.05) is 6.92 Å². The molecule has 0 aliphatic heterocycles. The van der Waals surface area contributed by atoms with E-state index in [1.807, 2.05) is 18.2 Å². The Hall–Kier alpha value is -1.44. The number of hydrogen-bond donors (Lipinski definition) is 0. The molecule has 74 valence electrons. The molecule has 0 spiro atoms. The minimum atomic E-state index is 0.876. The fraction of sp³-hybridized carbons (Fsp3) is 0.333. The third kappa shape index (κ3) is 1.60. The minimum Gasteiger partial charge on any atom is -0.497 e. The molecule has 1 aromatic heterocycles. The Morgan fingerprint density at radius 1 is 1.29 bits per heavy atom. The van der Waals surface area contributed by atoms with Gasteiger partial charge in [-0.3, -0.25) is 0 Å². The minimum absolute atomic E-state index is 0.876. The van der Waals surface area contributed by atoms with E-state index in [1.54, 1.807) is 7.11 Å². The van der Waals surface area contributed by atoms with Crippen LogP contribution in [0.5, 0.6) is 5.75 Å². The highest BCUT2D eigenvalue weighted by Crippen LogP contribution is 2.24. The van der Waals surface area contributed by atoms with Gasteiger partial charge in [0.05, 0.1) is 7.11 Å². The van der Waals surface area contributed by atoms with Crippen LogP contribution in [0.1, 0.15) is 19.1 Å². The molecule has 2 aromatic rings. The van der Waals surface area contributed by atoms with E-state index < -0.39 is 0 Å². The van der Waals surface area contributed by atoms with Crippen molar-refractivity contribution in [3.63, 3.8) is 0 Å². The summed E-state index contributed by atoms with van der Waals surface area (Å²) in [4.78, 5) is 0. The molecule has 0 aliphatic rings. The van der Waals surface area contributed by atoms with E-state index in [0.29, 0.717) is 0 Å². The summed E-state index contributed by atoms with van der Waals surface area (Å²) < 4.78 is 10.8. The van der Waals surface area contributed by atoms with Gasteiger partial charge in [0.2, 0.25) is 0 Å². The summed E-state index contributed by atoms with van der Waals surface area (Å²) >= 11 is 0. The van der Waals surface area contributed by atoms with E-state index in [-0.39, 0.29) is 0 Å². The standard InChI is InChI=1S/C12H14O2/c1-3-4-11-8-9-7-10(13-2)5-6-12(9)14-11/h5-8H,3-4H2,1-2H3. The topological polar surface area (TPSA) is 22.4 Å². The van der Waals surface area contributed by atoms with Gasteiger partial charge >= 0.3 is 0 Å². The van der Waals surface area contributed by atoms with Crippen molar-refractivity contribution in [2.75, 3.05) is 7.11 Å². The summed E-state index contributed by atoms with van der Waals surface area (Å²) in [5.74, 6) is 1.93. The largest absolute Gasteiger partial charge is 0.497 e. The van der Waals surface area contributed by atoms with Crippen molar-refractivity contribution in [2.24, 2.45) is 0 Å². The predicted molar refractivity (Wildman–Crippen MR) is 56.8 cm³/mol. The second kappa shape index (κ2) is 3.74. The van der Waals surface area contributed by atoms with Crippen LogP contribution < -0.4 is 4.74 Å². The van der Waals surface area contributed by atoms with Gasteiger partial charge in [0.25, 0.3) is 0 Å². The molecule has 1 heterocycles.